The van der Waals surface area contributed by atoms with Crippen LogP contribution in [0.25, 0.3) is 0 Å². The number of nitrogens with zero attached hydrogens (tertiary/aromatic N) is 1. The Labute approximate surface area is 158 Å². The molecule has 1 aliphatic rings. The van der Waals surface area contributed by atoms with Gasteiger partial charge >= 0.3 is 0 Å². The lowest BCUT2D eigenvalue weighted by Crippen LogP contribution is -2.45. The van der Waals surface area contributed by atoms with Gasteiger partial charge in [0.1, 0.15) is 5.75 Å². The van der Waals surface area contributed by atoms with Crippen LogP contribution in [0.15, 0.2) is 29.8 Å². The van der Waals surface area contributed by atoms with Crippen molar-refractivity contribution in [2.75, 3.05) is 26.2 Å². The highest BCUT2D eigenvalue weighted by Crippen LogP contribution is 2.24. The summed E-state index contributed by atoms with van der Waals surface area (Å²) in [6, 6.07) is 6.49. The highest BCUT2D eigenvalue weighted by molar-refractivity contribution is 5.77. The van der Waals surface area contributed by atoms with E-state index < -0.39 is 0 Å². The number of amides is 1. The number of rotatable bonds is 7. The maximum Gasteiger partial charge on any atom is 0.258 e. The maximum atomic E-state index is 12.3. The largest absolute Gasteiger partial charge is 0.483 e. The lowest BCUT2D eigenvalue weighted by atomic mass is 10.0. The summed E-state index contributed by atoms with van der Waals surface area (Å²) in [5.41, 5.74) is 3.65. The predicted molar refractivity (Wildman–Crippen MR) is 108 cm³/mol. The van der Waals surface area contributed by atoms with Gasteiger partial charge in [-0.2, -0.15) is 0 Å². The van der Waals surface area contributed by atoms with Crippen molar-refractivity contribution >= 4 is 5.91 Å². The quantitative estimate of drug-likeness (QED) is 0.748. The second-order valence-corrected chi connectivity index (χ2v) is 7.89. The number of nitrogens with one attached hydrogen (secondary N) is 1. The summed E-state index contributed by atoms with van der Waals surface area (Å²) < 4.78 is 5.79. The minimum Gasteiger partial charge on any atom is -0.483 e. The highest BCUT2D eigenvalue weighted by Gasteiger charge is 2.20. The molecule has 4 nitrogen and oxygen atoms in total. The summed E-state index contributed by atoms with van der Waals surface area (Å²) in [5.74, 6) is 1.23. The Morgan fingerprint density at radius 2 is 2.00 bits per heavy atom. The van der Waals surface area contributed by atoms with E-state index in [-0.39, 0.29) is 18.6 Å². The monoisotopic (exact) mass is 358 g/mol. The van der Waals surface area contributed by atoms with E-state index in [1.165, 1.54) is 11.1 Å². The highest BCUT2D eigenvalue weighted by atomic mass is 16.5. The van der Waals surface area contributed by atoms with Crippen LogP contribution >= 0.6 is 0 Å². The first-order chi connectivity index (χ1) is 12.3. The van der Waals surface area contributed by atoms with Crippen molar-refractivity contribution in [2.45, 2.75) is 59.4 Å². The number of hydrogen-bond acceptors (Lipinski definition) is 3. The van der Waals surface area contributed by atoms with Gasteiger partial charge in [0.2, 0.25) is 0 Å². The smallest absolute Gasteiger partial charge is 0.258 e. The van der Waals surface area contributed by atoms with E-state index in [4.69, 9.17) is 4.74 Å². The number of piperidine rings is 1. The van der Waals surface area contributed by atoms with E-state index in [2.05, 4.69) is 62.2 Å². The molecule has 0 unspecified atom stereocenters. The summed E-state index contributed by atoms with van der Waals surface area (Å²) in [4.78, 5) is 14.7. The van der Waals surface area contributed by atoms with Gasteiger partial charge in [-0.1, -0.05) is 37.6 Å². The number of allylic oxidation sites excluding steroid dienone is 1. The fourth-order valence-electron chi connectivity index (χ4n) is 3.12. The number of aryl methyl sites for hydroxylation is 1. The van der Waals surface area contributed by atoms with E-state index in [9.17, 15) is 4.79 Å². The van der Waals surface area contributed by atoms with Crippen LogP contribution in [0.2, 0.25) is 0 Å². The Hall–Kier alpha value is -1.81. The molecule has 144 valence electrons. The molecule has 26 heavy (non-hydrogen) atoms. The van der Waals surface area contributed by atoms with Gasteiger partial charge in [0, 0.05) is 25.7 Å². The van der Waals surface area contributed by atoms with Crippen LogP contribution in [-0.4, -0.2) is 43.1 Å². The molecule has 0 spiro atoms. The standard InChI is InChI=1S/C22H34N2O2/c1-16(2)8-11-24-12-9-20(10-13-24)23-22(25)15-26-21-14-19(17(3)4)7-6-18(21)5/h6-8,14,17,20H,9-13,15H2,1-5H3,(H,23,25). The zero-order chi connectivity index (χ0) is 19.1. The third-order valence-corrected chi connectivity index (χ3v) is 4.95. The second-order valence-electron chi connectivity index (χ2n) is 7.89. The van der Waals surface area contributed by atoms with Crippen molar-refractivity contribution in [3.05, 3.63) is 41.0 Å². The van der Waals surface area contributed by atoms with Crippen LogP contribution in [0.4, 0.5) is 0 Å². The molecule has 0 radical (unpaired) electrons. The van der Waals surface area contributed by atoms with Crippen molar-refractivity contribution in [1.82, 2.24) is 10.2 Å². The Balaban J connectivity index is 1.76. The summed E-state index contributed by atoms with van der Waals surface area (Å²) in [6.07, 6.45) is 4.27. The normalized spacial score (nSPS) is 15.8. The number of likely N-dealkylation sites (tertiary alicyclic amines) is 1. The van der Waals surface area contributed by atoms with Crippen LogP contribution in [0.1, 0.15) is 57.6 Å². The van der Waals surface area contributed by atoms with Gasteiger partial charge in [-0.15, -0.1) is 0 Å². The number of carbonyl (C=O) groups excluding carboxylic acids is 1. The molecule has 1 fully saturated rings. The SMILES string of the molecule is CC(C)=CCN1CCC(NC(=O)COc2cc(C(C)C)ccc2C)CC1. The lowest BCUT2D eigenvalue weighted by Gasteiger charge is -2.31. The van der Waals surface area contributed by atoms with Gasteiger partial charge in [-0.25, -0.2) is 0 Å². The maximum absolute atomic E-state index is 12.3. The number of carbonyl (C=O) groups is 1. The summed E-state index contributed by atoms with van der Waals surface area (Å²) in [5, 5.41) is 3.13. The Kier molecular flexibility index (Phi) is 7.70. The molecule has 1 saturated heterocycles. The molecule has 0 aliphatic carbocycles. The summed E-state index contributed by atoms with van der Waals surface area (Å²) >= 11 is 0. The fourth-order valence-corrected chi connectivity index (χ4v) is 3.12. The van der Waals surface area contributed by atoms with Crippen molar-refractivity contribution in [2.24, 2.45) is 0 Å². The van der Waals surface area contributed by atoms with Gasteiger partial charge in [0.25, 0.3) is 5.91 Å². The average molecular weight is 359 g/mol. The number of benzene rings is 1. The molecule has 2 rings (SSSR count). The molecule has 4 heteroatoms. The predicted octanol–water partition coefficient (Wildman–Crippen LogP) is 4.04. The van der Waals surface area contributed by atoms with Crippen LogP contribution in [-0.2, 0) is 4.79 Å². The molecule has 0 saturated carbocycles. The first kappa shape index (κ1) is 20.5. The molecule has 1 aliphatic heterocycles. The lowest BCUT2D eigenvalue weighted by molar-refractivity contribution is -0.124. The van der Waals surface area contributed by atoms with Crippen LogP contribution in [0.3, 0.4) is 0 Å². The van der Waals surface area contributed by atoms with Crippen molar-refractivity contribution in [3.63, 3.8) is 0 Å². The first-order valence-corrected chi connectivity index (χ1v) is 9.73. The van der Waals surface area contributed by atoms with E-state index in [1.807, 2.05) is 6.92 Å². The summed E-state index contributed by atoms with van der Waals surface area (Å²) in [7, 11) is 0. The van der Waals surface area contributed by atoms with Gasteiger partial charge in [-0.3, -0.25) is 9.69 Å². The van der Waals surface area contributed by atoms with E-state index in [1.54, 1.807) is 0 Å². The number of ether oxygens (including phenoxy) is 1. The number of hydrogen-bond donors (Lipinski definition) is 1. The molecule has 1 amide bonds. The topological polar surface area (TPSA) is 41.6 Å². The first-order valence-electron chi connectivity index (χ1n) is 9.73. The molecular weight excluding hydrogens is 324 g/mol. The molecule has 1 aromatic rings. The molecule has 1 heterocycles. The van der Waals surface area contributed by atoms with E-state index in [0.717, 1.165) is 43.8 Å². The van der Waals surface area contributed by atoms with E-state index in [0.29, 0.717) is 5.92 Å². The molecule has 0 atom stereocenters. The second kappa shape index (κ2) is 9.77. The van der Waals surface area contributed by atoms with Gasteiger partial charge < -0.3 is 10.1 Å². The minimum atomic E-state index is -0.0258. The molecule has 1 N–H and O–H groups in total. The van der Waals surface area contributed by atoms with Crippen LogP contribution in [0.5, 0.6) is 5.75 Å². The average Bonchev–Trinajstić information content (AvgIpc) is 2.60. The Morgan fingerprint density at radius 1 is 1.31 bits per heavy atom. The van der Waals surface area contributed by atoms with Crippen molar-refractivity contribution in [1.29, 1.82) is 0 Å². The Bertz CT molecular complexity index is 625. The third-order valence-electron chi connectivity index (χ3n) is 4.95. The summed E-state index contributed by atoms with van der Waals surface area (Å²) in [6.45, 7) is 13.8. The Morgan fingerprint density at radius 3 is 2.62 bits per heavy atom. The third kappa shape index (κ3) is 6.49. The molecule has 0 aromatic heterocycles. The van der Waals surface area contributed by atoms with Crippen LogP contribution in [0, 0.1) is 6.92 Å². The van der Waals surface area contributed by atoms with E-state index >= 15 is 0 Å². The zero-order valence-corrected chi connectivity index (χ0v) is 17.0. The van der Waals surface area contributed by atoms with Crippen LogP contribution < -0.4 is 10.1 Å². The van der Waals surface area contributed by atoms with Gasteiger partial charge in [-0.05, 0) is 56.7 Å². The minimum absolute atomic E-state index is 0.0258. The van der Waals surface area contributed by atoms with Gasteiger partial charge in [0.15, 0.2) is 6.61 Å². The van der Waals surface area contributed by atoms with Crippen molar-refractivity contribution in [3.8, 4) is 5.75 Å². The fraction of sp³-hybridized carbons (Fsp3) is 0.591. The van der Waals surface area contributed by atoms with Gasteiger partial charge in [0.05, 0.1) is 0 Å². The molecule has 0 bridgehead atoms. The zero-order valence-electron chi connectivity index (χ0n) is 17.0. The molecular formula is C22H34N2O2. The van der Waals surface area contributed by atoms with Crippen molar-refractivity contribution < 1.29 is 9.53 Å². The molecule has 1 aromatic carbocycles.